The predicted octanol–water partition coefficient (Wildman–Crippen LogP) is 2.91. The summed E-state index contributed by atoms with van der Waals surface area (Å²) in [6, 6.07) is 0.361. The third-order valence-electron chi connectivity index (χ3n) is 3.32. The quantitative estimate of drug-likeness (QED) is 0.837. The Hall–Kier alpha value is -1.19. The van der Waals surface area contributed by atoms with Gasteiger partial charge in [0.25, 0.3) is 0 Å². The second-order valence-electron chi connectivity index (χ2n) is 4.72. The van der Waals surface area contributed by atoms with E-state index in [1.807, 2.05) is 0 Å². The number of hydrogen-bond acceptors (Lipinski definition) is 3. The SMILES string of the molecule is Cc1ncnc(NC2CCC(C)CC2)c1F. The van der Waals surface area contributed by atoms with Gasteiger partial charge in [-0.3, -0.25) is 0 Å². The number of aromatic nitrogens is 2. The summed E-state index contributed by atoms with van der Waals surface area (Å²) in [7, 11) is 0. The van der Waals surface area contributed by atoms with Crippen LogP contribution in [0.25, 0.3) is 0 Å². The molecule has 0 saturated heterocycles. The number of rotatable bonds is 2. The average molecular weight is 223 g/mol. The summed E-state index contributed by atoms with van der Waals surface area (Å²) >= 11 is 0. The first-order chi connectivity index (χ1) is 7.66. The van der Waals surface area contributed by atoms with Crippen molar-refractivity contribution in [1.29, 1.82) is 0 Å². The van der Waals surface area contributed by atoms with Crippen LogP contribution in [-0.2, 0) is 0 Å². The summed E-state index contributed by atoms with van der Waals surface area (Å²) in [5.74, 6) is 0.836. The normalized spacial score (nSPS) is 25.4. The van der Waals surface area contributed by atoms with E-state index in [1.54, 1.807) is 6.92 Å². The Bertz CT molecular complexity index is 359. The summed E-state index contributed by atoms with van der Waals surface area (Å²) < 4.78 is 13.6. The summed E-state index contributed by atoms with van der Waals surface area (Å²) in [4.78, 5) is 7.77. The third kappa shape index (κ3) is 2.49. The Labute approximate surface area is 95.5 Å². The van der Waals surface area contributed by atoms with Crippen molar-refractivity contribution >= 4 is 5.82 Å². The standard InChI is InChI=1S/C12H18FN3/c1-8-3-5-10(6-4-8)16-12-11(13)9(2)14-7-15-12/h7-8,10H,3-6H2,1-2H3,(H,14,15,16). The summed E-state index contributed by atoms with van der Waals surface area (Å²) in [5.41, 5.74) is 0.404. The number of anilines is 1. The molecule has 1 aromatic rings. The lowest BCUT2D eigenvalue weighted by molar-refractivity contribution is 0.360. The van der Waals surface area contributed by atoms with Crippen LogP contribution in [0.1, 0.15) is 38.3 Å². The molecule has 88 valence electrons. The van der Waals surface area contributed by atoms with Gasteiger partial charge in [-0.25, -0.2) is 14.4 Å². The van der Waals surface area contributed by atoms with Crippen LogP contribution in [0.15, 0.2) is 6.33 Å². The van der Waals surface area contributed by atoms with Gasteiger partial charge in [0.15, 0.2) is 11.6 Å². The van der Waals surface area contributed by atoms with Crippen molar-refractivity contribution in [3.63, 3.8) is 0 Å². The Morgan fingerprint density at radius 1 is 1.25 bits per heavy atom. The molecule has 0 aliphatic heterocycles. The molecule has 1 N–H and O–H groups in total. The number of hydrogen-bond donors (Lipinski definition) is 1. The largest absolute Gasteiger partial charge is 0.365 e. The maximum Gasteiger partial charge on any atom is 0.186 e. The fourth-order valence-electron chi connectivity index (χ4n) is 2.16. The molecule has 2 rings (SSSR count). The van der Waals surface area contributed by atoms with Crippen LogP contribution in [0.5, 0.6) is 0 Å². The van der Waals surface area contributed by atoms with Gasteiger partial charge in [-0.15, -0.1) is 0 Å². The predicted molar refractivity (Wildman–Crippen MR) is 61.8 cm³/mol. The summed E-state index contributed by atoms with van der Waals surface area (Å²) in [5, 5.41) is 3.18. The lowest BCUT2D eigenvalue weighted by Gasteiger charge is -2.27. The Morgan fingerprint density at radius 2 is 1.94 bits per heavy atom. The summed E-state index contributed by atoms with van der Waals surface area (Å²) in [6.07, 6.45) is 6.03. The fraction of sp³-hybridized carbons (Fsp3) is 0.667. The van der Waals surface area contributed by atoms with E-state index in [1.165, 1.54) is 19.2 Å². The molecule has 16 heavy (non-hydrogen) atoms. The lowest BCUT2D eigenvalue weighted by Crippen LogP contribution is -2.26. The number of aryl methyl sites for hydroxylation is 1. The van der Waals surface area contributed by atoms with E-state index in [0.717, 1.165) is 18.8 Å². The molecule has 3 nitrogen and oxygen atoms in total. The molecule has 1 fully saturated rings. The minimum Gasteiger partial charge on any atom is -0.365 e. The Balaban J connectivity index is 2.01. The molecule has 1 aliphatic rings. The molecule has 1 saturated carbocycles. The molecular formula is C12H18FN3. The Morgan fingerprint density at radius 3 is 2.62 bits per heavy atom. The van der Waals surface area contributed by atoms with Gasteiger partial charge < -0.3 is 5.32 Å². The van der Waals surface area contributed by atoms with Crippen LogP contribution in [0.2, 0.25) is 0 Å². The molecular weight excluding hydrogens is 205 g/mol. The molecule has 0 unspecified atom stereocenters. The number of nitrogens with one attached hydrogen (secondary N) is 1. The van der Waals surface area contributed by atoms with E-state index in [9.17, 15) is 4.39 Å². The highest BCUT2D eigenvalue weighted by Crippen LogP contribution is 2.26. The fourth-order valence-corrected chi connectivity index (χ4v) is 2.16. The van der Waals surface area contributed by atoms with E-state index in [2.05, 4.69) is 22.2 Å². The van der Waals surface area contributed by atoms with Gasteiger partial charge in [-0.1, -0.05) is 6.92 Å². The number of nitrogens with zero attached hydrogens (tertiary/aromatic N) is 2. The van der Waals surface area contributed by atoms with Crippen molar-refractivity contribution in [1.82, 2.24) is 9.97 Å². The van der Waals surface area contributed by atoms with Gasteiger partial charge in [-0.05, 0) is 38.5 Å². The van der Waals surface area contributed by atoms with Crippen molar-refractivity contribution in [2.75, 3.05) is 5.32 Å². The van der Waals surface area contributed by atoms with E-state index in [0.29, 0.717) is 17.6 Å². The van der Waals surface area contributed by atoms with Crippen molar-refractivity contribution in [2.24, 2.45) is 5.92 Å². The van der Waals surface area contributed by atoms with Crippen LogP contribution in [0.4, 0.5) is 10.2 Å². The van der Waals surface area contributed by atoms with Crippen LogP contribution in [0.3, 0.4) is 0 Å². The molecule has 0 atom stereocenters. The second-order valence-corrected chi connectivity index (χ2v) is 4.72. The van der Waals surface area contributed by atoms with E-state index >= 15 is 0 Å². The molecule has 1 aromatic heterocycles. The molecule has 0 amide bonds. The minimum atomic E-state index is -0.318. The van der Waals surface area contributed by atoms with Gasteiger partial charge in [0, 0.05) is 6.04 Å². The third-order valence-corrected chi connectivity index (χ3v) is 3.32. The van der Waals surface area contributed by atoms with E-state index < -0.39 is 0 Å². The van der Waals surface area contributed by atoms with Crippen molar-refractivity contribution in [3.8, 4) is 0 Å². The van der Waals surface area contributed by atoms with Crippen LogP contribution in [0, 0.1) is 18.7 Å². The highest BCUT2D eigenvalue weighted by molar-refractivity contribution is 5.38. The van der Waals surface area contributed by atoms with Crippen LogP contribution in [-0.4, -0.2) is 16.0 Å². The number of halogens is 1. The first-order valence-electron chi connectivity index (χ1n) is 5.90. The minimum absolute atomic E-state index is 0.318. The molecule has 0 spiro atoms. The van der Waals surface area contributed by atoms with Gasteiger partial charge in [0.1, 0.15) is 6.33 Å². The highest BCUT2D eigenvalue weighted by Gasteiger charge is 2.19. The van der Waals surface area contributed by atoms with Crippen molar-refractivity contribution < 1.29 is 4.39 Å². The van der Waals surface area contributed by atoms with Gasteiger partial charge in [0.05, 0.1) is 5.69 Å². The van der Waals surface area contributed by atoms with E-state index in [4.69, 9.17) is 0 Å². The zero-order valence-corrected chi connectivity index (χ0v) is 9.83. The molecule has 0 aromatic carbocycles. The van der Waals surface area contributed by atoms with Gasteiger partial charge >= 0.3 is 0 Å². The zero-order chi connectivity index (χ0) is 11.5. The summed E-state index contributed by atoms with van der Waals surface area (Å²) in [6.45, 7) is 3.93. The van der Waals surface area contributed by atoms with Gasteiger partial charge in [-0.2, -0.15) is 0 Å². The highest BCUT2D eigenvalue weighted by atomic mass is 19.1. The molecule has 0 bridgehead atoms. The molecule has 0 radical (unpaired) electrons. The lowest BCUT2D eigenvalue weighted by atomic mass is 9.87. The molecule has 4 heteroatoms. The van der Waals surface area contributed by atoms with Gasteiger partial charge in [0.2, 0.25) is 0 Å². The molecule has 1 heterocycles. The van der Waals surface area contributed by atoms with E-state index in [-0.39, 0.29) is 5.82 Å². The van der Waals surface area contributed by atoms with Crippen molar-refractivity contribution in [2.45, 2.75) is 45.6 Å². The van der Waals surface area contributed by atoms with Crippen LogP contribution >= 0.6 is 0 Å². The Kier molecular flexibility index (Phi) is 3.36. The first kappa shape index (κ1) is 11.3. The average Bonchev–Trinajstić information content (AvgIpc) is 2.28. The monoisotopic (exact) mass is 223 g/mol. The zero-order valence-electron chi connectivity index (χ0n) is 9.83. The smallest absolute Gasteiger partial charge is 0.186 e. The van der Waals surface area contributed by atoms with Crippen LogP contribution < -0.4 is 5.32 Å². The molecule has 1 aliphatic carbocycles. The second kappa shape index (κ2) is 4.76. The van der Waals surface area contributed by atoms with Crippen molar-refractivity contribution in [3.05, 3.63) is 17.8 Å². The first-order valence-corrected chi connectivity index (χ1v) is 5.90. The maximum absolute atomic E-state index is 13.6. The topological polar surface area (TPSA) is 37.8 Å². The maximum atomic E-state index is 13.6.